The molecule has 2 heteroatoms. The second kappa shape index (κ2) is 6.62. The number of thioether (sulfide) groups is 1. The Labute approximate surface area is 113 Å². The lowest BCUT2D eigenvalue weighted by molar-refractivity contribution is 0.199. The number of aryl methyl sites for hydroxylation is 1. The summed E-state index contributed by atoms with van der Waals surface area (Å²) in [6, 6.07) is 18.7. The summed E-state index contributed by atoms with van der Waals surface area (Å²) in [5, 5.41) is 9.54. The van der Waals surface area contributed by atoms with Crippen LogP contribution in [0.1, 0.15) is 24.2 Å². The summed E-state index contributed by atoms with van der Waals surface area (Å²) in [4.78, 5) is 1.23. The first-order valence-electron chi connectivity index (χ1n) is 6.20. The predicted molar refractivity (Wildman–Crippen MR) is 77.9 cm³/mol. The number of hydrogen-bond acceptors (Lipinski definition) is 2. The molecule has 1 nitrogen and oxygen atoms in total. The maximum absolute atomic E-state index is 9.54. The Morgan fingerprint density at radius 3 is 2.56 bits per heavy atom. The lowest BCUT2D eigenvalue weighted by Gasteiger charge is -2.07. The molecule has 0 bridgehead atoms. The molecular formula is C16H18OS. The fourth-order valence-electron chi connectivity index (χ4n) is 1.80. The Kier molecular flexibility index (Phi) is 4.85. The Hall–Kier alpha value is -1.25. The fourth-order valence-corrected chi connectivity index (χ4v) is 2.76. The third-order valence-corrected chi connectivity index (χ3v) is 3.84. The van der Waals surface area contributed by atoms with E-state index < -0.39 is 0 Å². The van der Waals surface area contributed by atoms with Crippen molar-refractivity contribution in [2.75, 3.05) is 5.75 Å². The third-order valence-electron chi connectivity index (χ3n) is 2.84. The maximum atomic E-state index is 9.54. The number of hydrogen-bond donors (Lipinski definition) is 1. The van der Waals surface area contributed by atoms with Gasteiger partial charge >= 0.3 is 0 Å². The van der Waals surface area contributed by atoms with Crippen LogP contribution in [0.3, 0.4) is 0 Å². The minimum absolute atomic E-state index is 0.389. The van der Waals surface area contributed by atoms with E-state index in [0.717, 1.165) is 17.7 Å². The van der Waals surface area contributed by atoms with E-state index in [-0.39, 0.29) is 6.10 Å². The van der Waals surface area contributed by atoms with E-state index in [9.17, 15) is 5.11 Å². The zero-order valence-electron chi connectivity index (χ0n) is 10.5. The summed E-state index contributed by atoms with van der Waals surface area (Å²) >= 11 is 1.84. The van der Waals surface area contributed by atoms with Gasteiger partial charge in [-0.05, 0) is 36.6 Å². The van der Waals surface area contributed by atoms with Crippen LogP contribution in [-0.4, -0.2) is 10.9 Å². The molecule has 0 spiro atoms. The molecule has 1 atom stereocenters. The normalized spacial score (nSPS) is 12.3. The van der Waals surface area contributed by atoms with Crippen LogP contribution >= 0.6 is 11.8 Å². The first-order chi connectivity index (χ1) is 8.75. The molecule has 0 aliphatic heterocycles. The van der Waals surface area contributed by atoms with Gasteiger partial charge in [0.05, 0.1) is 6.10 Å². The molecule has 0 saturated heterocycles. The quantitative estimate of drug-likeness (QED) is 0.816. The average molecular weight is 258 g/mol. The van der Waals surface area contributed by atoms with E-state index >= 15 is 0 Å². The topological polar surface area (TPSA) is 20.2 Å². The smallest absolute Gasteiger partial charge is 0.0762 e. The molecule has 0 aromatic heterocycles. The van der Waals surface area contributed by atoms with E-state index in [2.05, 4.69) is 36.4 Å². The molecule has 0 heterocycles. The monoisotopic (exact) mass is 258 g/mol. The number of aliphatic hydroxyl groups is 1. The SMILES string of the molecule is CC(O)c1cccc(SCCc2ccccc2)c1. The minimum atomic E-state index is -0.389. The van der Waals surface area contributed by atoms with Crippen molar-refractivity contribution in [2.45, 2.75) is 24.3 Å². The lowest BCUT2D eigenvalue weighted by atomic mass is 10.1. The van der Waals surface area contributed by atoms with Crippen molar-refractivity contribution in [3.05, 3.63) is 65.7 Å². The van der Waals surface area contributed by atoms with Gasteiger partial charge in [0.2, 0.25) is 0 Å². The van der Waals surface area contributed by atoms with Crippen LogP contribution in [0.2, 0.25) is 0 Å². The van der Waals surface area contributed by atoms with Gasteiger partial charge in [0.1, 0.15) is 0 Å². The van der Waals surface area contributed by atoms with Gasteiger partial charge in [-0.1, -0.05) is 42.5 Å². The van der Waals surface area contributed by atoms with E-state index in [1.54, 1.807) is 6.92 Å². The predicted octanol–water partition coefficient (Wildman–Crippen LogP) is 4.07. The summed E-state index contributed by atoms with van der Waals surface area (Å²) in [6.45, 7) is 1.80. The summed E-state index contributed by atoms with van der Waals surface area (Å²) in [6.07, 6.45) is 0.685. The molecule has 0 saturated carbocycles. The van der Waals surface area contributed by atoms with Crippen LogP contribution in [0.25, 0.3) is 0 Å². The highest BCUT2D eigenvalue weighted by molar-refractivity contribution is 7.99. The Morgan fingerprint density at radius 1 is 1.06 bits per heavy atom. The number of benzene rings is 2. The molecule has 18 heavy (non-hydrogen) atoms. The molecule has 0 aliphatic rings. The highest BCUT2D eigenvalue weighted by Gasteiger charge is 2.02. The Bertz CT molecular complexity index is 479. The van der Waals surface area contributed by atoms with Crippen LogP contribution in [0.15, 0.2) is 59.5 Å². The second-order valence-corrected chi connectivity index (χ2v) is 5.50. The Morgan fingerprint density at radius 2 is 1.83 bits per heavy atom. The standard InChI is InChI=1S/C16H18OS/c1-13(17)15-8-5-9-16(12-15)18-11-10-14-6-3-2-4-7-14/h2-9,12-13,17H,10-11H2,1H3. The molecule has 0 fully saturated rings. The first-order valence-corrected chi connectivity index (χ1v) is 7.19. The highest BCUT2D eigenvalue weighted by atomic mass is 32.2. The van der Waals surface area contributed by atoms with Crippen molar-refractivity contribution in [2.24, 2.45) is 0 Å². The van der Waals surface area contributed by atoms with Crippen molar-refractivity contribution < 1.29 is 5.11 Å². The van der Waals surface area contributed by atoms with E-state index in [4.69, 9.17) is 0 Å². The lowest BCUT2D eigenvalue weighted by Crippen LogP contribution is -1.91. The minimum Gasteiger partial charge on any atom is -0.389 e. The van der Waals surface area contributed by atoms with Crippen molar-refractivity contribution in [1.82, 2.24) is 0 Å². The summed E-state index contributed by atoms with van der Waals surface area (Å²) in [5.41, 5.74) is 2.36. The summed E-state index contributed by atoms with van der Waals surface area (Å²) in [5.74, 6) is 1.06. The third kappa shape index (κ3) is 3.90. The molecule has 1 unspecified atom stereocenters. The number of aliphatic hydroxyl groups excluding tert-OH is 1. The van der Waals surface area contributed by atoms with Gasteiger partial charge in [0.25, 0.3) is 0 Å². The molecule has 0 aliphatic carbocycles. The highest BCUT2D eigenvalue weighted by Crippen LogP contribution is 2.23. The van der Waals surface area contributed by atoms with E-state index in [1.165, 1.54) is 10.5 Å². The van der Waals surface area contributed by atoms with E-state index in [0.29, 0.717) is 0 Å². The zero-order valence-corrected chi connectivity index (χ0v) is 11.4. The van der Waals surface area contributed by atoms with Gasteiger partial charge in [-0.3, -0.25) is 0 Å². The molecule has 94 valence electrons. The summed E-state index contributed by atoms with van der Waals surface area (Å²) in [7, 11) is 0. The largest absolute Gasteiger partial charge is 0.389 e. The second-order valence-electron chi connectivity index (χ2n) is 4.33. The molecular weight excluding hydrogens is 240 g/mol. The van der Waals surface area contributed by atoms with Crippen molar-refractivity contribution in [1.29, 1.82) is 0 Å². The van der Waals surface area contributed by atoms with Crippen molar-refractivity contribution in [3.63, 3.8) is 0 Å². The fraction of sp³-hybridized carbons (Fsp3) is 0.250. The van der Waals surface area contributed by atoms with Gasteiger partial charge in [-0.25, -0.2) is 0 Å². The van der Waals surface area contributed by atoms with Gasteiger partial charge < -0.3 is 5.11 Å². The molecule has 0 radical (unpaired) electrons. The Balaban J connectivity index is 1.89. The van der Waals surface area contributed by atoms with E-state index in [1.807, 2.05) is 30.0 Å². The van der Waals surface area contributed by atoms with Crippen molar-refractivity contribution >= 4 is 11.8 Å². The molecule has 2 aromatic carbocycles. The van der Waals surface area contributed by atoms with Gasteiger partial charge in [-0.2, -0.15) is 0 Å². The van der Waals surface area contributed by atoms with Crippen LogP contribution in [-0.2, 0) is 6.42 Å². The van der Waals surface area contributed by atoms with Crippen LogP contribution in [0, 0.1) is 0 Å². The van der Waals surface area contributed by atoms with Crippen molar-refractivity contribution in [3.8, 4) is 0 Å². The zero-order chi connectivity index (χ0) is 12.8. The average Bonchev–Trinajstić information content (AvgIpc) is 2.40. The van der Waals surface area contributed by atoms with Crippen LogP contribution in [0.5, 0.6) is 0 Å². The van der Waals surface area contributed by atoms with Gasteiger partial charge in [0.15, 0.2) is 0 Å². The first kappa shape index (κ1) is 13.2. The molecule has 2 aromatic rings. The molecule has 1 N–H and O–H groups in total. The molecule has 2 rings (SSSR count). The summed E-state index contributed by atoms with van der Waals surface area (Å²) < 4.78 is 0. The number of rotatable bonds is 5. The van der Waals surface area contributed by atoms with Gasteiger partial charge in [0, 0.05) is 10.6 Å². The van der Waals surface area contributed by atoms with Gasteiger partial charge in [-0.15, -0.1) is 11.8 Å². The van der Waals surface area contributed by atoms with Crippen LogP contribution < -0.4 is 0 Å². The molecule has 0 amide bonds. The van der Waals surface area contributed by atoms with Crippen LogP contribution in [0.4, 0.5) is 0 Å². The maximum Gasteiger partial charge on any atom is 0.0762 e.